The molecule has 3 unspecified atom stereocenters. The van der Waals surface area contributed by atoms with E-state index in [9.17, 15) is 5.11 Å². The summed E-state index contributed by atoms with van der Waals surface area (Å²) >= 11 is 0. The summed E-state index contributed by atoms with van der Waals surface area (Å²) in [6.45, 7) is 6.68. The van der Waals surface area contributed by atoms with Crippen LogP contribution in [0.1, 0.15) is 57.3 Å². The third kappa shape index (κ3) is 2.21. The van der Waals surface area contributed by atoms with Crippen molar-refractivity contribution in [3.05, 3.63) is 35.4 Å². The zero-order valence-electron chi connectivity index (χ0n) is 11.7. The normalized spacial score (nSPS) is 32.1. The van der Waals surface area contributed by atoms with E-state index in [-0.39, 0.29) is 11.5 Å². The standard InChI is InChI=1S/C17H24O/c1-17(2,3)15-6-4-11(5-7-15)16(18)14-9-12-8-13(12)10-14/h4-7,12-14,16,18H,8-10H2,1-3H3. The number of hydrogen-bond donors (Lipinski definition) is 1. The van der Waals surface area contributed by atoms with E-state index in [1.165, 1.54) is 24.8 Å². The molecular weight excluding hydrogens is 220 g/mol. The van der Waals surface area contributed by atoms with Crippen molar-refractivity contribution in [2.24, 2.45) is 17.8 Å². The maximum atomic E-state index is 10.5. The first-order valence-electron chi connectivity index (χ1n) is 7.23. The van der Waals surface area contributed by atoms with Gasteiger partial charge in [0.15, 0.2) is 0 Å². The van der Waals surface area contributed by atoms with Crippen LogP contribution in [0.4, 0.5) is 0 Å². The van der Waals surface area contributed by atoms with Crippen molar-refractivity contribution in [3.63, 3.8) is 0 Å². The van der Waals surface area contributed by atoms with Crippen LogP contribution in [-0.4, -0.2) is 5.11 Å². The molecular formula is C17H24O. The molecule has 0 heterocycles. The average molecular weight is 244 g/mol. The molecule has 98 valence electrons. The van der Waals surface area contributed by atoms with Gasteiger partial charge in [-0.15, -0.1) is 0 Å². The lowest BCUT2D eigenvalue weighted by Crippen LogP contribution is -2.13. The van der Waals surface area contributed by atoms with Gasteiger partial charge in [0.2, 0.25) is 0 Å². The molecule has 1 aromatic rings. The van der Waals surface area contributed by atoms with Gasteiger partial charge in [-0.1, -0.05) is 45.0 Å². The Labute approximate surface area is 110 Å². The maximum Gasteiger partial charge on any atom is 0.0818 e. The van der Waals surface area contributed by atoms with E-state index >= 15 is 0 Å². The van der Waals surface area contributed by atoms with Gasteiger partial charge in [-0.3, -0.25) is 0 Å². The van der Waals surface area contributed by atoms with Crippen LogP contribution < -0.4 is 0 Å². The van der Waals surface area contributed by atoms with Crippen LogP contribution in [-0.2, 0) is 5.41 Å². The summed E-state index contributed by atoms with van der Waals surface area (Å²) in [5.74, 6) is 2.39. The van der Waals surface area contributed by atoms with Gasteiger partial charge in [0.05, 0.1) is 6.10 Å². The Bertz CT molecular complexity index is 416. The molecule has 0 saturated heterocycles. The van der Waals surface area contributed by atoms with E-state index in [1.807, 2.05) is 0 Å². The molecule has 0 aliphatic heterocycles. The highest BCUT2D eigenvalue weighted by Crippen LogP contribution is 2.57. The van der Waals surface area contributed by atoms with Crippen LogP contribution >= 0.6 is 0 Å². The predicted octanol–water partition coefficient (Wildman–Crippen LogP) is 4.06. The first kappa shape index (κ1) is 12.2. The Hall–Kier alpha value is -0.820. The monoisotopic (exact) mass is 244 g/mol. The fourth-order valence-corrected chi connectivity index (χ4v) is 3.47. The van der Waals surface area contributed by atoms with Crippen molar-refractivity contribution in [2.45, 2.75) is 51.6 Å². The summed E-state index contributed by atoms with van der Waals surface area (Å²) in [5, 5.41) is 10.5. The summed E-state index contributed by atoms with van der Waals surface area (Å²) in [5.41, 5.74) is 2.64. The molecule has 0 aromatic heterocycles. The molecule has 2 saturated carbocycles. The van der Waals surface area contributed by atoms with E-state index in [2.05, 4.69) is 45.0 Å². The highest BCUT2D eigenvalue weighted by molar-refractivity contribution is 5.29. The van der Waals surface area contributed by atoms with Crippen molar-refractivity contribution in [1.82, 2.24) is 0 Å². The summed E-state index contributed by atoms with van der Waals surface area (Å²) in [7, 11) is 0. The third-order valence-corrected chi connectivity index (χ3v) is 4.84. The van der Waals surface area contributed by atoms with Crippen molar-refractivity contribution in [3.8, 4) is 0 Å². The number of hydrogen-bond acceptors (Lipinski definition) is 1. The Balaban J connectivity index is 1.72. The van der Waals surface area contributed by atoms with Crippen LogP contribution in [0.5, 0.6) is 0 Å². The molecule has 1 aromatic carbocycles. The van der Waals surface area contributed by atoms with E-state index in [0.29, 0.717) is 5.92 Å². The Morgan fingerprint density at radius 2 is 1.56 bits per heavy atom. The van der Waals surface area contributed by atoms with Gasteiger partial charge in [0.1, 0.15) is 0 Å². The van der Waals surface area contributed by atoms with E-state index in [4.69, 9.17) is 0 Å². The molecule has 0 radical (unpaired) electrons. The molecule has 1 nitrogen and oxygen atoms in total. The lowest BCUT2D eigenvalue weighted by molar-refractivity contribution is 0.104. The molecule has 18 heavy (non-hydrogen) atoms. The fraction of sp³-hybridized carbons (Fsp3) is 0.647. The van der Waals surface area contributed by atoms with Crippen LogP contribution in [0.15, 0.2) is 24.3 Å². The van der Waals surface area contributed by atoms with Crippen molar-refractivity contribution < 1.29 is 5.11 Å². The van der Waals surface area contributed by atoms with Gasteiger partial charge in [0.25, 0.3) is 0 Å². The van der Waals surface area contributed by atoms with Crippen LogP contribution in [0, 0.1) is 17.8 Å². The second-order valence-corrected chi connectivity index (χ2v) is 7.30. The predicted molar refractivity (Wildman–Crippen MR) is 74.4 cm³/mol. The molecule has 1 heteroatoms. The molecule has 0 amide bonds. The molecule has 2 fully saturated rings. The fourth-order valence-electron chi connectivity index (χ4n) is 3.47. The van der Waals surface area contributed by atoms with Gasteiger partial charge < -0.3 is 5.11 Å². The first-order valence-corrected chi connectivity index (χ1v) is 7.23. The van der Waals surface area contributed by atoms with E-state index in [0.717, 1.165) is 17.4 Å². The lowest BCUT2D eigenvalue weighted by atomic mass is 9.85. The van der Waals surface area contributed by atoms with Crippen molar-refractivity contribution in [1.29, 1.82) is 0 Å². The Morgan fingerprint density at radius 1 is 1.00 bits per heavy atom. The number of aliphatic hydroxyl groups is 1. The molecule has 3 rings (SSSR count). The van der Waals surface area contributed by atoms with Crippen molar-refractivity contribution in [2.75, 3.05) is 0 Å². The molecule has 2 aliphatic carbocycles. The highest BCUT2D eigenvalue weighted by atomic mass is 16.3. The Morgan fingerprint density at radius 3 is 2.06 bits per heavy atom. The quantitative estimate of drug-likeness (QED) is 0.831. The van der Waals surface area contributed by atoms with Crippen LogP contribution in [0.25, 0.3) is 0 Å². The topological polar surface area (TPSA) is 20.2 Å². The van der Waals surface area contributed by atoms with Crippen LogP contribution in [0.2, 0.25) is 0 Å². The molecule has 0 spiro atoms. The smallest absolute Gasteiger partial charge is 0.0818 e. The largest absolute Gasteiger partial charge is 0.388 e. The molecule has 0 bridgehead atoms. The number of rotatable bonds is 2. The average Bonchev–Trinajstić information content (AvgIpc) is 2.94. The van der Waals surface area contributed by atoms with Gasteiger partial charge in [-0.2, -0.15) is 0 Å². The lowest BCUT2D eigenvalue weighted by Gasteiger charge is -2.22. The van der Waals surface area contributed by atoms with Gasteiger partial charge >= 0.3 is 0 Å². The van der Waals surface area contributed by atoms with Gasteiger partial charge in [-0.05, 0) is 53.6 Å². The zero-order chi connectivity index (χ0) is 12.9. The first-order chi connectivity index (χ1) is 8.45. The summed E-state index contributed by atoms with van der Waals surface area (Å²) < 4.78 is 0. The summed E-state index contributed by atoms with van der Waals surface area (Å²) in [6.07, 6.45) is 3.66. The Kier molecular flexibility index (Phi) is 2.78. The van der Waals surface area contributed by atoms with E-state index < -0.39 is 0 Å². The van der Waals surface area contributed by atoms with Gasteiger partial charge in [0, 0.05) is 0 Å². The second-order valence-electron chi connectivity index (χ2n) is 7.30. The highest BCUT2D eigenvalue weighted by Gasteiger charge is 2.47. The van der Waals surface area contributed by atoms with Gasteiger partial charge in [-0.25, -0.2) is 0 Å². The molecule has 2 aliphatic rings. The zero-order valence-corrected chi connectivity index (χ0v) is 11.7. The minimum Gasteiger partial charge on any atom is -0.388 e. The summed E-state index contributed by atoms with van der Waals surface area (Å²) in [6, 6.07) is 8.59. The minimum absolute atomic E-state index is 0.193. The number of benzene rings is 1. The number of aliphatic hydroxyl groups excluding tert-OH is 1. The third-order valence-electron chi connectivity index (χ3n) is 4.84. The van der Waals surface area contributed by atoms with Crippen LogP contribution in [0.3, 0.4) is 0 Å². The maximum absolute atomic E-state index is 10.5. The summed E-state index contributed by atoms with van der Waals surface area (Å²) in [4.78, 5) is 0. The van der Waals surface area contributed by atoms with Crippen molar-refractivity contribution >= 4 is 0 Å². The minimum atomic E-state index is -0.244. The molecule has 3 atom stereocenters. The number of fused-ring (bicyclic) bond motifs is 1. The second kappa shape index (κ2) is 4.09. The SMILES string of the molecule is CC(C)(C)c1ccc(C(O)C2CC3CC3C2)cc1. The van der Waals surface area contributed by atoms with E-state index in [1.54, 1.807) is 0 Å². The molecule has 1 N–H and O–H groups in total.